The Morgan fingerprint density at radius 2 is 1.76 bits per heavy atom. The van der Waals surface area contributed by atoms with Crippen molar-refractivity contribution in [2.75, 3.05) is 0 Å². The largest absolute Gasteiger partial charge is 0.481 e. The van der Waals surface area contributed by atoms with Crippen LogP contribution in [0.25, 0.3) is 27.4 Å². The predicted octanol–water partition coefficient (Wildman–Crippen LogP) is 7.96. The van der Waals surface area contributed by atoms with Gasteiger partial charge in [-0.2, -0.15) is 18.3 Å². The SMILES string of the molecule is CC(C)(C(=O)O)c1cccc(-c2csc(-c3cc(C(F)(F)F)nn3-c3cc(Cl)ccc3Cl)c2)c1. The lowest BCUT2D eigenvalue weighted by Crippen LogP contribution is -2.28. The zero-order chi connectivity index (χ0) is 24.8. The third-order valence-electron chi connectivity index (χ3n) is 5.44. The van der Waals surface area contributed by atoms with Crippen molar-refractivity contribution in [2.24, 2.45) is 0 Å². The number of rotatable bonds is 5. The summed E-state index contributed by atoms with van der Waals surface area (Å²) in [6.45, 7) is 3.22. The van der Waals surface area contributed by atoms with Gasteiger partial charge in [-0.05, 0) is 72.3 Å². The van der Waals surface area contributed by atoms with Crippen LogP contribution < -0.4 is 0 Å². The molecule has 0 amide bonds. The van der Waals surface area contributed by atoms with Crippen LogP contribution in [0, 0.1) is 0 Å². The van der Waals surface area contributed by atoms with E-state index in [2.05, 4.69) is 5.10 Å². The van der Waals surface area contributed by atoms with Crippen molar-refractivity contribution >= 4 is 40.5 Å². The number of carboxylic acids is 1. The zero-order valence-electron chi connectivity index (χ0n) is 17.8. The number of halogens is 5. The second kappa shape index (κ2) is 8.76. The molecule has 0 saturated carbocycles. The number of aromatic nitrogens is 2. The Labute approximate surface area is 207 Å². The molecule has 34 heavy (non-hydrogen) atoms. The Morgan fingerprint density at radius 1 is 1.03 bits per heavy atom. The Hall–Kier alpha value is -2.81. The smallest absolute Gasteiger partial charge is 0.435 e. The predicted molar refractivity (Wildman–Crippen MR) is 128 cm³/mol. The van der Waals surface area contributed by atoms with Crippen molar-refractivity contribution < 1.29 is 23.1 Å². The molecule has 0 fully saturated rings. The molecule has 0 aliphatic carbocycles. The molecule has 0 aliphatic rings. The molecule has 176 valence electrons. The van der Waals surface area contributed by atoms with E-state index in [1.807, 2.05) is 6.07 Å². The second-order valence-corrected chi connectivity index (χ2v) is 9.89. The minimum Gasteiger partial charge on any atom is -0.481 e. The van der Waals surface area contributed by atoms with Crippen LogP contribution in [0.4, 0.5) is 13.2 Å². The molecule has 0 atom stereocenters. The summed E-state index contributed by atoms with van der Waals surface area (Å²) in [4.78, 5) is 12.2. The minimum atomic E-state index is -4.65. The molecular formula is C24H17Cl2F3N2O2S. The quantitative estimate of drug-likeness (QED) is 0.288. The Balaban J connectivity index is 1.83. The molecule has 0 spiro atoms. The van der Waals surface area contributed by atoms with E-state index in [4.69, 9.17) is 23.2 Å². The van der Waals surface area contributed by atoms with Crippen molar-refractivity contribution in [2.45, 2.75) is 25.4 Å². The van der Waals surface area contributed by atoms with Crippen molar-refractivity contribution in [3.8, 4) is 27.4 Å². The summed E-state index contributed by atoms with van der Waals surface area (Å²) in [5.41, 5.74) is 0.366. The number of carbonyl (C=O) groups is 1. The number of benzene rings is 2. The van der Waals surface area contributed by atoms with E-state index in [1.54, 1.807) is 43.5 Å². The summed E-state index contributed by atoms with van der Waals surface area (Å²) in [6.07, 6.45) is -4.65. The summed E-state index contributed by atoms with van der Waals surface area (Å²) >= 11 is 13.6. The fraction of sp³-hybridized carbons (Fsp3) is 0.167. The highest BCUT2D eigenvalue weighted by atomic mass is 35.5. The number of carboxylic acid groups (broad SMARTS) is 1. The highest BCUT2D eigenvalue weighted by Crippen LogP contribution is 2.39. The van der Waals surface area contributed by atoms with Crippen molar-refractivity contribution in [1.29, 1.82) is 0 Å². The molecule has 4 nitrogen and oxygen atoms in total. The molecule has 2 heterocycles. The van der Waals surface area contributed by atoms with Gasteiger partial charge >= 0.3 is 12.1 Å². The molecule has 0 aliphatic heterocycles. The standard InChI is InChI=1S/C24H17Cl2F3N2O2S/c1-23(2,22(32)33)15-5-3-4-13(8-15)14-9-20(34-12-14)19-11-21(24(27,28)29)30-31(19)18-10-16(25)6-7-17(18)26/h3-12H,1-2H3,(H,32,33). The molecule has 10 heteroatoms. The van der Waals surface area contributed by atoms with Gasteiger partial charge < -0.3 is 5.11 Å². The van der Waals surface area contributed by atoms with Gasteiger partial charge in [0.05, 0.1) is 26.7 Å². The number of hydrogen-bond acceptors (Lipinski definition) is 3. The van der Waals surface area contributed by atoms with Gasteiger partial charge in [-0.3, -0.25) is 4.79 Å². The van der Waals surface area contributed by atoms with Crippen LogP contribution in [0.1, 0.15) is 25.1 Å². The maximum absolute atomic E-state index is 13.5. The van der Waals surface area contributed by atoms with E-state index in [9.17, 15) is 23.1 Å². The maximum Gasteiger partial charge on any atom is 0.435 e. The second-order valence-electron chi connectivity index (χ2n) is 8.13. The van der Waals surface area contributed by atoms with Gasteiger partial charge in [0, 0.05) is 5.02 Å². The zero-order valence-corrected chi connectivity index (χ0v) is 20.1. The first-order valence-electron chi connectivity index (χ1n) is 9.94. The molecule has 4 aromatic rings. The summed E-state index contributed by atoms with van der Waals surface area (Å²) in [7, 11) is 0. The molecule has 1 N–H and O–H groups in total. The van der Waals surface area contributed by atoms with Crippen LogP contribution in [0.15, 0.2) is 60.0 Å². The van der Waals surface area contributed by atoms with Crippen LogP contribution in [0.3, 0.4) is 0 Å². The fourth-order valence-corrected chi connectivity index (χ4v) is 4.64. The minimum absolute atomic E-state index is 0.197. The van der Waals surface area contributed by atoms with Gasteiger partial charge in [-0.15, -0.1) is 11.3 Å². The molecule has 2 aromatic heterocycles. The number of aliphatic carboxylic acids is 1. The first-order valence-corrected chi connectivity index (χ1v) is 11.6. The number of thiophene rings is 1. The van der Waals surface area contributed by atoms with Crippen LogP contribution in [-0.2, 0) is 16.4 Å². The molecule has 0 bridgehead atoms. The molecule has 0 unspecified atom stereocenters. The van der Waals surface area contributed by atoms with Crippen LogP contribution in [-0.4, -0.2) is 20.9 Å². The number of hydrogen-bond donors (Lipinski definition) is 1. The monoisotopic (exact) mass is 524 g/mol. The number of alkyl halides is 3. The van der Waals surface area contributed by atoms with E-state index in [-0.39, 0.29) is 16.4 Å². The van der Waals surface area contributed by atoms with Gasteiger partial charge in [0.1, 0.15) is 0 Å². The summed E-state index contributed by atoms with van der Waals surface area (Å²) in [5, 5.41) is 15.6. The van der Waals surface area contributed by atoms with Crippen LogP contribution in [0.5, 0.6) is 0 Å². The average Bonchev–Trinajstić information content (AvgIpc) is 3.42. The normalized spacial score (nSPS) is 12.2. The van der Waals surface area contributed by atoms with Crippen molar-refractivity contribution in [3.05, 3.63) is 81.3 Å². The summed E-state index contributed by atoms with van der Waals surface area (Å²) in [6, 6.07) is 14.3. The van der Waals surface area contributed by atoms with Gasteiger partial charge in [0.15, 0.2) is 5.69 Å². The molecule has 0 radical (unpaired) electrons. The highest BCUT2D eigenvalue weighted by Gasteiger charge is 2.36. The summed E-state index contributed by atoms with van der Waals surface area (Å²) in [5.74, 6) is -0.961. The topological polar surface area (TPSA) is 55.1 Å². The lowest BCUT2D eigenvalue weighted by atomic mass is 9.83. The first kappa shape index (κ1) is 24.3. The van der Waals surface area contributed by atoms with Crippen molar-refractivity contribution in [3.63, 3.8) is 0 Å². The fourth-order valence-electron chi connectivity index (χ4n) is 3.36. The Bertz CT molecular complexity index is 1390. The van der Waals surface area contributed by atoms with E-state index in [0.29, 0.717) is 15.5 Å². The lowest BCUT2D eigenvalue weighted by Gasteiger charge is -2.20. The van der Waals surface area contributed by atoms with Gasteiger partial charge in [-0.25, -0.2) is 4.68 Å². The van der Waals surface area contributed by atoms with E-state index in [0.717, 1.165) is 21.9 Å². The molecular weight excluding hydrogens is 508 g/mol. The van der Waals surface area contributed by atoms with Crippen LogP contribution in [0.2, 0.25) is 10.0 Å². The molecule has 0 saturated heterocycles. The van der Waals surface area contributed by atoms with E-state index in [1.165, 1.54) is 29.5 Å². The van der Waals surface area contributed by atoms with E-state index >= 15 is 0 Å². The third kappa shape index (κ3) is 4.58. The summed E-state index contributed by atoms with van der Waals surface area (Å²) < 4.78 is 41.6. The average molecular weight is 525 g/mol. The molecule has 4 rings (SSSR count). The van der Waals surface area contributed by atoms with Crippen LogP contribution >= 0.6 is 34.5 Å². The van der Waals surface area contributed by atoms with Gasteiger partial charge in [-0.1, -0.05) is 41.4 Å². The molecule has 2 aromatic carbocycles. The highest BCUT2D eigenvalue weighted by molar-refractivity contribution is 7.14. The lowest BCUT2D eigenvalue weighted by molar-refractivity contribution is -0.142. The Morgan fingerprint density at radius 3 is 2.44 bits per heavy atom. The van der Waals surface area contributed by atoms with E-state index < -0.39 is 23.3 Å². The third-order valence-corrected chi connectivity index (χ3v) is 6.95. The van der Waals surface area contributed by atoms with Gasteiger partial charge in [0.25, 0.3) is 0 Å². The first-order chi connectivity index (χ1) is 15.9. The van der Waals surface area contributed by atoms with Crippen molar-refractivity contribution in [1.82, 2.24) is 9.78 Å². The maximum atomic E-state index is 13.5. The Kier molecular flexibility index (Phi) is 6.27. The number of nitrogens with zero attached hydrogens (tertiary/aromatic N) is 2. The van der Waals surface area contributed by atoms with Gasteiger partial charge in [0.2, 0.25) is 0 Å².